The van der Waals surface area contributed by atoms with E-state index in [0.717, 1.165) is 34.4 Å². The molecule has 4 rings (SSSR count). The molecular formula is C26H26FN3OS. The molecule has 164 valence electrons. The van der Waals surface area contributed by atoms with Gasteiger partial charge in [-0.05, 0) is 62.0 Å². The van der Waals surface area contributed by atoms with Crippen molar-refractivity contribution in [2.75, 3.05) is 32.1 Å². The number of hydrogen-bond donors (Lipinski definition) is 0. The summed E-state index contributed by atoms with van der Waals surface area (Å²) < 4.78 is 14.4. The quantitative estimate of drug-likeness (QED) is 0.351. The molecule has 0 saturated heterocycles. The van der Waals surface area contributed by atoms with Crippen molar-refractivity contribution in [2.24, 2.45) is 0 Å². The second-order valence-corrected chi connectivity index (χ2v) is 9.06. The molecule has 4 nitrogen and oxygen atoms in total. The van der Waals surface area contributed by atoms with Crippen LogP contribution in [0.2, 0.25) is 0 Å². The Balaban J connectivity index is 1.54. The zero-order valence-corrected chi connectivity index (χ0v) is 19.1. The van der Waals surface area contributed by atoms with Crippen LogP contribution in [-0.2, 0) is 11.2 Å². The summed E-state index contributed by atoms with van der Waals surface area (Å²) in [6.07, 6.45) is 1.12. The maximum Gasteiger partial charge on any atom is 0.233 e. The first-order valence-electron chi connectivity index (χ1n) is 10.6. The number of anilines is 1. The summed E-state index contributed by atoms with van der Waals surface area (Å²) in [7, 11) is 4.03. The van der Waals surface area contributed by atoms with Crippen molar-refractivity contribution in [1.82, 2.24) is 9.88 Å². The second kappa shape index (κ2) is 10.0. The van der Waals surface area contributed by atoms with E-state index in [4.69, 9.17) is 0 Å². The van der Waals surface area contributed by atoms with Crippen LogP contribution >= 0.6 is 11.3 Å². The molecule has 1 heterocycles. The van der Waals surface area contributed by atoms with Crippen LogP contribution in [0.1, 0.15) is 12.0 Å². The molecule has 1 aromatic heterocycles. The molecule has 0 unspecified atom stereocenters. The summed E-state index contributed by atoms with van der Waals surface area (Å²) in [6, 6.07) is 22.8. The molecule has 0 fully saturated rings. The van der Waals surface area contributed by atoms with Crippen molar-refractivity contribution in [1.29, 1.82) is 0 Å². The summed E-state index contributed by atoms with van der Waals surface area (Å²) in [6.45, 7) is 1.44. The van der Waals surface area contributed by atoms with Gasteiger partial charge in [0.15, 0.2) is 5.13 Å². The molecule has 0 bridgehead atoms. The van der Waals surface area contributed by atoms with Crippen molar-refractivity contribution < 1.29 is 9.18 Å². The molecule has 32 heavy (non-hydrogen) atoms. The third-order valence-corrected chi connectivity index (χ3v) is 6.32. The van der Waals surface area contributed by atoms with E-state index in [0.29, 0.717) is 23.6 Å². The average molecular weight is 448 g/mol. The maximum absolute atomic E-state index is 13.6. The molecule has 0 aliphatic carbocycles. The SMILES string of the molecule is CN(C)CCCN(C(=O)Cc1ccc(-c2ccccc2)cc1)c1nc2ccc(F)cc2s1. The Morgan fingerprint density at radius 3 is 2.38 bits per heavy atom. The van der Waals surface area contributed by atoms with Gasteiger partial charge in [-0.1, -0.05) is 65.9 Å². The van der Waals surface area contributed by atoms with E-state index in [-0.39, 0.29) is 11.7 Å². The zero-order valence-electron chi connectivity index (χ0n) is 18.3. The number of nitrogens with zero attached hydrogens (tertiary/aromatic N) is 3. The fourth-order valence-corrected chi connectivity index (χ4v) is 4.62. The van der Waals surface area contributed by atoms with Gasteiger partial charge < -0.3 is 4.90 Å². The lowest BCUT2D eigenvalue weighted by atomic mass is 10.0. The van der Waals surface area contributed by atoms with E-state index in [1.807, 2.05) is 44.4 Å². The van der Waals surface area contributed by atoms with Crippen molar-refractivity contribution in [3.63, 3.8) is 0 Å². The molecule has 0 saturated carbocycles. The van der Waals surface area contributed by atoms with Gasteiger partial charge in [0.05, 0.1) is 16.6 Å². The third-order valence-electron chi connectivity index (χ3n) is 5.27. The smallest absolute Gasteiger partial charge is 0.233 e. The lowest BCUT2D eigenvalue weighted by Gasteiger charge is -2.21. The van der Waals surface area contributed by atoms with Crippen molar-refractivity contribution in [3.8, 4) is 11.1 Å². The largest absolute Gasteiger partial charge is 0.309 e. The first-order chi connectivity index (χ1) is 15.5. The number of halogens is 1. The Bertz CT molecular complexity index is 1190. The Kier molecular flexibility index (Phi) is 6.93. The average Bonchev–Trinajstić information content (AvgIpc) is 3.20. The monoisotopic (exact) mass is 447 g/mol. The normalized spacial score (nSPS) is 11.2. The molecule has 0 aliphatic rings. The summed E-state index contributed by atoms with van der Waals surface area (Å²) >= 11 is 1.36. The molecule has 6 heteroatoms. The molecule has 0 aliphatic heterocycles. The highest BCUT2D eigenvalue weighted by molar-refractivity contribution is 7.22. The number of hydrogen-bond acceptors (Lipinski definition) is 4. The molecule has 0 spiro atoms. The number of aromatic nitrogens is 1. The van der Waals surface area contributed by atoms with Gasteiger partial charge in [0, 0.05) is 6.54 Å². The standard InChI is InChI=1S/C26H26FN3OS/c1-29(2)15-6-16-30(26-28-23-14-13-22(27)18-24(23)32-26)25(31)17-19-9-11-21(12-10-19)20-7-4-3-5-8-20/h3-5,7-14,18H,6,15-17H2,1-2H3. The van der Waals surface area contributed by atoms with Crippen LogP contribution in [0.5, 0.6) is 0 Å². The van der Waals surface area contributed by atoms with Crippen LogP contribution in [-0.4, -0.2) is 43.0 Å². The van der Waals surface area contributed by atoms with Gasteiger partial charge in [-0.3, -0.25) is 9.69 Å². The summed E-state index contributed by atoms with van der Waals surface area (Å²) in [4.78, 5) is 21.7. The maximum atomic E-state index is 13.6. The van der Waals surface area contributed by atoms with E-state index >= 15 is 0 Å². The van der Waals surface area contributed by atoms with Crippen LogP contribution in [0.15, 0.2) is 72.8 Å². The van der Waals surface area contributed by atoms with Gasteiger partial charge in [0.2, 0.25) is 5.91 Å². The number of rotatable bonds is 8. The number of fused-ring (bicyclic) bond motifs is 1. The number of amides is 1. The van der Waals surface area contributed by atoms with Gasteiger partial charge >= 0.3 is 0 Å². The molecule has 0 radical (unpaired) electrons. The van der Waals surface area contributed by atoms with Gasteiger partial charge in [-0.2, -0.15) is 0 Å². The van der Waals surface area contributed by atoms with Gasteiger partial charge in [-0.15, -0.1) is 0 Å². The van der Waals surface area contributed by atoms with Gasteiger partial charge in [0.1, 0.15) is 5.82 Å². The Morgan fingerprint density at radius 1 is 0.938 bits per heavy atom. The first-order valence-corrected chi connectivity index (χ1v) is 11.5. The summed E-state index contributed by atoms with van der Waals surface area (Å²) in [5.74, 6) is -0.299. The number of benzene rings is 3. The minimum absolute atomic E-state index is 0.00394. The van der Waals surface area contributed by atoms with Crippen molar-refractivity contribution >= 4 is 32.6 Å². The van der Waals surface area contributed by atoms with Crippen LogP contribution in [0.25, 0.3) is 21.3 Å². The Hall–Kier alpha value is -3.09. The number of thiazole rings is 1. The second-order valence-electron chi connectivity index (χ2n) is 8.05. The van der Waals surface area contributed by atoms with Gasteiger partial charge in [0.25, 0.3) is 0 Å². The summed E-state index contributed by atoms with van der Waals surface area (Å²) in [5.41, 5.74) is 3.94. The molecule has 1 amide bonds. The highest BCUT2D eigenvalue weighted by Gasteiger charge is 2.20. The van der Waals surface area contributed by atoms with E-state index in [2.05, 4.69) is 34.1 Å². The Morgan fingerprint density at radius 2 is 1.66 bits per heavy atom. The van der Waals surface area contributed by atoms with Crippen molar-refractivity contribution in [2.45, 2.75) is 12.8 Å². The van der Waals surface area contributed by atoms with E-state index < -0.39 is 0 Å². The lowest BCUT2D eigenvalue weighted by molar-refractivity contribution is -0.118. The summed E-state index contributed by atoms with van der Waals surface area (Å²) in [5, 5.41) is 0.621. The molecule has 3 aromatic carbocycles. The highest BCUT2D eigenvalue weighted by Crippen LogP contribution is 2.30. The van der Waals surface area contributed by atoms with Crippen LogP contribution in [0.4, 0.5) is 9.52 Å². The number of carbonyl (C=O) groups excluding carboxylic acids is 1. The zero-order chi connectivity index (χ0) is 22.5. The van der Waals surface area contributed by atoms with Crippen LogP contribution in [0, 0.1) is 5.82 Å². The van der Waals surface area contributed by atoms with E-state index in [1.165, 1.54) is 23.5 Å². The van der Waals surface area contributed by atoms with Crippen molar-refractivity contribution in [3.05, 3.63) is 84.2 Å². The fraction of sp³-hybridized carbons (Fsp3) is 0.231. The molecule has 0 atom stereocenters. The fourth-order valence-electron chi connectivity index (χ4n) is 3.59. The molecule has 4 aromatic rings. The Labute approximate surface area is 191 Å². The van der Waals surface area contributed by atoms with Gasteiger partial charge in [-0.25, -0.2) is 9.37 Å². The molecular weight excluding hydrogens is 421 g/mol. The number of carbonyl (C=O) groups is 1. The molecule has 0 N–H and O–H groups in total. The predicted octanol–water partition coefficient (Wildman–Crippen LogP) is 5.63. The predicted molar refractivity (Wildman–Crippen MR) is 131 cm³/mol. The topological polar surface area (TPSA) is 36.4 Å². The van der Waals surface area contributed by atoms with E-state index in [1.54, 1.807) is 11.0 Å². The first kappa shape index (κ1) is 22.1. The minimum atomic E-state index is -0.295. The van der Waals surface area contributed by atoms with Crippen LogP contribution in [0.3, 0.4) is 0 Å². The van der Waals surface area contributed by atoms with Crippen LogP contribution < -0.4 is 4.90 Å². The lowest BCUT2D eigenvalue weighted by Crippen LogP contribution is -2.34. The minimum Gasteiger partial charge on any atom is -0.309 e. The third kappa shape index (κ3) is 5.39. The van der Waals surface area contributed by atoms with E-state index in [9.17, 15) is 9.18 Å². The highest BCUT2D eigenvalue weighted by atomic mass is 32.1.